The summed E-state index contributed by atoms with van der Waals surface area (Å²) in [5.41, 5.74) is 12.9. The molecule has 3 heterocycles. The Morgan fingerprint density at radius 3 is 1.75 bits per heavy atom. The average Bonchev–Trinajstić information content (AvgIpc) is 3.55. The number of unbranched alkanes of at least 4 members (excludes halogenated alkanes) is 1. The van der Waals surface area contributed by atoms with Gasteiger partial charge in [-0.3, -0.25) is 0 Å². The molecule has 4 aromatic carbocycles. The quantitative estimate of drug-likeness (QED) is 0.112. The second-order valence-corrected chi connectivity index (χ2v) is 16.2. The topological polar surface area (TPSA) is 60.4 Å². The zero-order valence-corrected chi connectivity index (χ0v) is 36.2. The third-order valence-electron chi connectivity index (χ3n) is 9.79. The molecule has 0 fully saturated rings. The van der Waals surface area contributed by atoms with Crippen LogP contribution in [-0.4, -0.2) is 17.0 Å². The van der Waals surface area contributed by atoms with E-state index in [1.165, 1.54) is 22.5 Å². The van der Waals surface area contributed by atoms with Crippen molar-refractivity contribution in [1.82, 2.24) is 9.97 Å². The van der Waals surface area contributed by atoms with Crippen LogP contribution in [-0.2, 0) is 43.8 Å². The molecule has 0 unspecified atom stereocenters. The van der Waals surface area contributed by atoms with Gasteiger partial charge < -0.3 is 19.8 Å². The summed E-state index contributed by atoms with van der Waals surface area (Å²) in [6, 6.07) is 47.9. The Labute approximate surface area is 353 Å². The molecule has 0 amide bonds. The van der Waals surface area contributed by atoms with Crippen LogP contribution in [0.5, 0.6) is 0 Å². The fourth-order valence-corrected chi connectivity index (χ4v) is 6.47. The second-order valence-electron chi connectivity index (χ2n) is 16.2. The van der Waals surface area contributed by atoms with Gasteiger partial charge in [0.1, 0.15) is 6.57 Å². The van der Waals surface area contributed by atoms with Crippen LogP contribution in [0.3, 0.4) is 0 Å². The van der Waals surface area contributed by atoms with E-state index in [1.807, 2.05) is 42.5 Å². The van der Waals surface area contributed by atoms with Crippen molar-refractivity contribution in [2.24, 2.45) is 0 Å². The summed E-state index contributed by atoms with van der Waals surface area (Å²) in [5, 5.41) is 9.14. The first-order chi connectivity index (χ1) is 26.8. The standard InChI is InChI=1S/C36H36N4.C14H12N2.Ir/c1-35(2,3)28-20-31(39-33(22-28)26-14-12-25(24-37)13-15-26)10-8-9-11-32-21-29(36(4,5)6)23-34(40-32)27-16-18-30(38-7)19-17-27;1-15-11-16(12-7-3-2-4-8-12)14-10-6-5-9-13(14)15;/h12-14,16,18-23H,8-11H2,1-6H3;2-7,9-11H,1H3;/q2*-2;. The Morgan fingerprint density at radius 1 is 0.719 bits per heavy atom. The predicted octanol–water partition coefficient (Wildman–Crippen LogP) is 12.2. The Kier molecular flexibility index (Phi) is 13.9. The molecule has 2 aromatic heterocycles. The molecule has 0 atom stereocenters. The van der Waals surface area contributed by atoms with Crippen LogP contribution in [0.2, 0.25) is 0 Å². The Bertz CT molecular complexity index is 2220. The van der Waals surface area contributed by atoms with Crippen molar-refractivity contribution in [1.29, 1.82) is 5.26 Å². The van der Waals surface area contributed by atoms with E-state index in [0.29, 0.717) is 11.3 Å². The minimum absolute atomic E-state index is 0. The fourth-order valence-electron chi connectivity index (χ4n) is 6.47. The Hall–Kier alpha value is -5.59. The molecule has 1 aliphatic rings. The van der Waals surface area contributed by atoms with E-state index in [1.54, 1.807) is 12.1 Å². The number of aryl methyl sites for hydroxylation is 2. The van der Waals surface area contributed by atoms with Crippen molar-refractivity contribution < 1.29 is 20.1 Å². The van der Waals surface area contributed by atoms with Crippen molar-refractivity contribution in [2.45, 2.75) is 78.1 Å². The van der Waals surface area contributed by atoms with Crippen LogP contribution in [0.25, 0.3) is 27.4 Å². The monoisotopic (exact) mass is 925 g/mol. The van der Waals surface area contributed by atoms with Gasteiger partial charge in [-0.05, 0) is 95.9 Å². The summed E-state index contributed by atoms with van der Waals surface area (Å²) >= 11 is 0. The molecule has 57 heavy (non-hydrogen) atoms. The van der Waals surface area contributed by atoms with Crippen molar-refractivity contribution in [3.63, 3.8) is 0 Å². The number of anilines is 3. The molecule has 6 nitrogen and oxygen atoms in total. The maximum atomic E-state index is 9.14. The maximum Gasteiger partial charge on any atom is 0.235 e. The molecule has 0 bridgehead atoms. The van der Waals surface area contributed by atoms with Gasteiger partial charge in [0.2, 0.25) is 5.69 Å². The zero-order chi connectivity index (χ0) is 39.9. The number of fused-ring (bicyclic) bond motifs is 1. The second kappa shape index (κ2) is 18.6. The molecule has 6 aromatic rings. The van der Waals surface area contributed by atoms with Crippen LogP contribution in [0.4, 0.5) is 22.7 Å². The molecular formula is C50H48IrN6-4. The maximum absolute atomic E-state index is 9.14. The van der Waals surface area contributed by atoms with Gasteiger partial charge in [0, 0.05) is 48.9 Å². The smallest absolute Gasteiger partial charge is 0.235 e. The minimum atomic E-state index is -0.00324. The van der Waals surface area contributed by atoms with E-state index in [0.717, 1.165) is 65.3 Å². The van der Waals surface area contributed by atoms with Gasteiger partial charge in [-0.2, -0.15) is 41.8 Å². The zero-order valence-electron chi connectivity index (χ0n) is 33.8. The summed E-state index contributed by atoms with van der Waals surface area (Å²) in [4.78, 5) is 17.7. The molecule has 291 valence electrons. The van der Waals surface area contributed by atoms with Gasteiger partial charge >= 0.3 is 0 Å². The van der Waals surface area contributed by atoms with Gasteiger partial charge in [0.15, 0.2) is 0 Å². The number of hydrogen-bond acceptors (Lipinski definition) is 5. The number of rotatable bonds is 8. The third-order valence-corrected chi connectivity index (χ3v) is 9.79. The Morgan fingerprint density at radius 2 is 1.28 bits per heavy atom. The summed E-state index contributed by atoms with van der Waals surface area (Å²) in [5.74, 6) is 0. The van der Waals surface area contributed by atoms with Crippen LogP contribution in [0.1, 0.15) is 82.5 Å². The SMILES string of the molecule is CN1[CH-]N(c2[c-]cccc2)c2ccccc21.[C-]#[N+]c1c[c-]c(-c2cc(C(C)(C)C)cc(CCCCc3cc(C(C)(C)C)cc(-c4[c-]cc(C#N)cc4)n3)n2)cc1.[Ir]. The van der Waals surface area contributed by atoms with Crippen LogP contribution >= 0.6 is 0 Å². The van der Waals surface area contributed by atoms with Crippen molar-refractivity contribution in [3.05, 3.63) is 174 Å². The normalized spacial score (nSPS) is 12.1. The minimum Gasteiger partial charge on any atom is -0.504 e. The predicted molar refractivity (Wildman–Crippen MR) is 229 cm³/mol. The molecule has 1 radical (unpaired) electrons. The number of para-hydroxylation sites is 3. The number of pyridine rings is 2. The molecule has 0 aliphatic carbocycles. The van der Waals surface area contributed by atoms with E-state index in [4.69, 9.17) is 21.8 Å². The number of nitrogens with zero attached hydrogens (tertiary/aromatic N) is 6. The van der Waals surface area contributed by atoms with E-state index >= 15 is 0 Å². The van der Waals surface area contributed by atoms with E-state index in [2.05, 4.69) is 149 Å². The molecule has 1 aliphatic heterocycles. The molecule has 0 N–H and O–H groups in total. The Balaban J connectivity index is 0.000000302. The summed E-state index contributed by atoms with van der Waals surface area (Å²) in [6.45, 7) is 22.6. The van der Waals surface area contributed by atoms with Crippen LogP contribution in [0, 0.1) is 42.8 Å². The number of aromatic nitrogens is 2. The average molecular weight is 925 g/mol. The molecule has 7 heteroatoms. The molecule has 0 spiro atoms. The fraction of sp³-hybridized carbons (Fsp3) is 0.260. The number of hydrogen-bond donors (Lipinski definition) is 0. The third kappa shape index (κ3) is 10.8. The summed E-state index contributed by atoms with van der Waals surface area (Å²) < 4.78 is 0. The van der Waals surface area contributed by atoms with E-state index < -0.39 is 0 Å². The molecule has 0 saturated heterocycles. The largest absolute Gasteiger partial charge is 0.504 e. The summed E-state index contributed by atoms with van der Waals surface area (Å²) in [7, 11) is 2.06. The van der Waals surface area contributed by atoms with Crippen molar-refractivity contribution >= 4 is 22.7 Å². The number of nitriles is 1. The molecule has 0 saturated carbocycles. The van der Waals surface area contributed by atoms with Gasteiger partial charge in [0.05, 0.1) is 0 Å². The van der Waals surface area contributed by atoms with Crippen LogP contribution in [0.15, 0.2) is 109 Å². The van der Waals surface area contributed by atoms with Crippen molar-refractivity contribution in [3.8, 4) is 28.6 Å². The summed E-state index contributed by atoms with van der Waals surface area (Å²) in [6.07, 6.45) is 3.76. The van der Waals surface area contributed by atoms with Gasteiger partial charge in [-0.1, -0.05) is 77.9 Å². The van der Waals surface area contributed by atoms with Gasteiger partial charge in [-0.15, -0.1) is 53.2 Å². The molecular weight excluding hydrogens is 877 g/mol. The van der Waals surface area contributed by atoms with Gasteiger partial charge in [0.25, 0.3) is 0 Å². The van der Waals surface area contributed by atoms with Gasteiger partial charge in [-0.25, -0.2) is 5.26 Å². The van der Waals surface area contributed by atoms with E-state index in [9.17, 15) is 0 Å². The first kappa shape index (κ1) is 42.5. The van der Waals surface area contributed by atoms with Crippen molar-refractivity contribution in [2.75, 3.05) is 16.8 Å². The molecule has 7 rings (SSSR count). The van der Waals surface area contributed by atoms with Crippen LogP contribution < -0.4 is 9.80 Å². The van der Waals surface area contributed by atoms with E-state index in [-0.39, 0.29) is 30.9 Å². The first-order valence-electron chi connectivity index (χ1n) is 19.1. The first-order valence-corrected chi connectivity index (χ1v) is 19.1. The number of benzene rings is 4.